The van der Waals surface area contributed by atoms with Crippen LogP contribution in [-0.2, 0) is 9.47 Å². The van der Waals surface area contributed by atoms with E-state index in [0.29, 0.717) is 12.5 Å². The molecule has 1 fully saturated rings. The highest BCUT2D eigenvalue weighted by Crippen LogP contribution is 2.29. The van der Waals surface area contributed by atoms with Gasteiger partial charge in [-0.1, -0.05) is 0 Å². The van der Waals surface area contributed by atoms with Crippen molar-refractivity contribution in [2.24, 2.45) is 5.92 Å². The van der Waals surface area contributed by atoms with E-state index >= 15 is 0 Å². The van der Waals surface area contributed by atoms with E-state index in [0.717, 1.165) is 43.3 Å². The van der Waals surface area contributed by atoms with Gasteiger partial charge in [0.05, 0.1) is 40.1 Å². The zero-order valence-electron chi connectivity index (χ0n) is 13.1. The van der Waals surface area contributed by atoms with Crippen LogP contribution in [0.2, 0.25) is 0 Å². The Balaban J connectivity index is 1.98. The van der Waals surface area contributed by atoms with E-state index in [2.05, 4.69) is 5.32 Å². The van der Waals surface area contributed by atoms with Crippen molar-refractivity contribution in [2.75, 3.05) is 47.7 Å². The molecule has 0 aliphatic carbocycles. The second kappa shape index (κ2) is 8.22. The lowest BCUT2D eigenvalue weighted by Gasteiger charge is -2.21. The van der Waals surface area contributed by atoms with Crippen molar-refractivity contribution >= 4 is 0 Å². The zero-order valence-corrected chi connectivity index (χ0v) is 13.1. The summed E-state index contributed by atoms with van der Waals surface area (Å²) in [5.74, 6) is 2.17. The Kier molecular flexibility index (Phi) is 6.29. The Morgan fingerprint density at radius 3 is 2.81 bits per heavy atom. The summed E-state index contributed by atoms with van der Waals surface area (Å²) in [4.78, 5) is 0. The van der Waals surface area contributed by atoms with Gasteiger partial charge in [-0.3, -0.25) is 0 Å². The van der Waals surface area contributed by atoms with Gasteiger partial charge in [-0.15, -0.1) is 0 Å². The van der Waals surface area contributed by atoms with E-state index in [-0.39, 0.29) is 6.04 Å². The van der Waals surface area contributed by atoms with Crippen LogP contribution in [0.15, 0.2) is 18.2 Å². The zero-order chi connectivity index (χ0) is 15.1. The standard InChI is InChI=1S/C16H25NO4/c1-17-15(11-21-10-12-6-7-20-9-12)14-8-13(18-2)4-5-16(14)19-3/h4-5,8,12,15,17H,6-7,9-11H2,1-3H3. The lowest BCUT2D eigenvalue weighted by Crippen LogP contribution is -2.24. The monoisotopic (exact) mass is 295 g/mol. The van der Waals surface area contributed by atoms with Gasteiger partial charge in [0.15, 0.2) is 0 Å². The smallest absolute Gasteiger partial charge is 0.123 e. The highest BCUT2D eigenvalue weighted by molar-refractivity contribution is 5.42. The molecule has 5 heteroatoms. The quantitative estimate of drug-likeness (QED) is 0.795. The molecule has 0 spiro atoms. The molecule has 0 aromatic heterocycles. The van der Waals surface area contributed by atoms with Crippen LogP contribution in [-0.4, -0.2) is 47.7 Å². The van der Waals surface area contributed by atoms with Gasteiger partial charge in [0.1, 0.15) is 11.5 Å². The molecule has 1 aliphatic heterocycles. The topological polar surface area (TPSA) is 49.0 Å². The highest BCUT2D eigenvalue weighted by Gasteiger charge is 2.19. The van der Waals surface area contributed by atoms with Crippen molar-refractivity contribution in [2.45, 2.75) is 12.5 Å². The van der Waals surface area contributed by atoms with E-state index in [9.17, 15) is 0 Å². The summed E-state index contributed by atoms with van der Waals surface area (Å²) in [6.45, 7) is 3.00. The van der Waals surface area contributed by atoms with Crippen LogP contribution in [0.5, 0.6) is 11.5 Å². The van der Waals surface area contributed by atoms with Crippen LogP contribution in [0.4, 0.5) is 0 Å². The molecular weight excluding hydrogens is 270 g/mol. The lowest BCUT2D eigenvalue weighted by atomic mass is 10.1. The Hall–Kier alpha value is -1.30. The van der Waals surface area contributed by atoms with Crippen LogP contribution in [0.25, 0.3) is 0 Å². The molecule has 0 radical (unpaired) electrons. The second-order valence-electron chi connectivity index (χ2n) is 5.22. The maximum atomic E-state index is 5.86. The SMILES string of the molecule is CNC(COCC1CCOC1)c1cc(OC)ccc1OC. The van der Waals surface area contributed by atoms with Gasteiger partial charge in [0.2, 0.25) is 0 Å². The third-order valence-electron chi connectivity index (χ3n) is 3.82. The van der Waals surface area contributed by atoms with Crippen LogP contribution in [0, 0.1) is 5.92 Å². The Labute approximate surface area is 126 Å². The van der Waals surface area contributed by atoms with Crippen molar-refractivity contribution in [3.05, 3.63) is 23.8 Å². The first kappa shape index (κ1) is 16.1. The van der Waals surface area contributed by atoms with Gasteiger partial charge >= 0.3 is 0 Å². The van der Waals surface area contributed by atoms with Crippen molar-refractivity contribution < 1.29 is 18.9 Å². The second-order valence-corrected chi connectivity index (χ2v) is 5.22. The van der Waals surface area contributed by atoms with Gasteiger partial charge in [0.25, 0.3) is 0 Å². The minimum absolute atomic E-state index is 0.0670. The normalized spacial score (nSPS) is 19.5. The number of ether oxygens (including phenoxy) is 4. The van der Waals surface area contributed by atoms with E-state index in [1.165, 1.54) is 0 Å². The first-order chi connectivity index (χ1) is 10.3. The van der Waals surface area contributed by atoms with Gasteiger partial charge in [-0.2, -0.15) is 0 Å². The van der Waals surface area contributed by atoms with Gasteiger partial charge < -0.3 is 24.3 Å². The fraction of sp³-hybridized carbons (Fsp3) is 0.625. The van der Waals surface area contributed by atoms with Gasteiger partial charge in [0, 0.05) is 18.1 Å². The number of hydrogen-bond donors (Lipinski definition) is 1. The Bertz CT molecular complexity index is 432. The molecule has 5 nitrogen and oxygen atoms in total. The molecule has 1 aromatic rings. The summed E-state index contributed by atoms with van der Waals surface area (Å²) in [7, 11) is 5.26. The summed E-state index contributed by atoms with van der Waals surface area (Å²) >= 11 is 0. The molecule has 1 heterocycles. The maximum absolute atomic E-state index is 5.86. The molecule has 1 N–H and O–H groups in total. The molecule has 0 amide bonds. The van der Waals surface area contributed by atoms with Crippen molar-refractivity contribution in [1.82, 2.24) is 5.32 Å². The highest BCUT2D eigenvalue weighted by atomic mass is 16.5. The van der Waals surface area contributed by atoms with Crippen molar-refractivity contribution in [3.8, 4) is 11.5 Å². The molecule has 2 atom stereocenters. The molecule has 118 valence electrons. The molecular formula is C16H25NO4. The number of likely N-dealkylation sites (N-methyl/N-ethyl adjacent to an activating group) is 1. The van der Waals surface area contributed by atoms with E-state index in [1.54, 1.807) is 14.2 Å². The minimum Gasteiger partial charge on any atom is -0.497 e. The van der Waals surface area contributed by atoms with Gasteiger partial charge in [-0.05, 0) is 31.7 Å². The molecule has 0 saturated carbocycles. The fourth-order valence-electron chi connectivity index (χ4n) is 2.51. The summed E-state index contributed by atoms with van der Waals surface area (Å²) < 4.78 is 21.9. The predicted octanol–water partition coefficient (Wildman–Crippen LogP) is 2.02. The summed E-state index contributed by atoms with van der Waals surface area (Å²) in [5, 5.41) is 3.28. The van der Waals surface area contributed by atoms with Gasteiger partial charge in [-0.25, -0.2) is 0 Å². The maximum Gasteiger partial charge on any atom is 0.123 e. The van der Waals surface area contributed by atoms with Crippen molar-refractivity contribution in [3.63, 3.8) is 0 Å². The summed E-state index contributed by atoms with van der Waals surface area (Å²) in [6, 6.07) is 5.87. The van der Waals surface area contributed by atoms with Crippen molar-refractivity contribution in [1.29, 1.82) is 0 Å². The number of benzene rings is 1. The third-order valence-corrected chi connectivity index (χ3v) is 3.82. The molecule has 1 aliphatic rings. The number of nitrogens with one attached hydrogen (secondary N) is 1. The van der Waals surface area contributed by atoms with Crippen LogP contribution >= 0.6 is 0 Å². The van der Waals surface area contributed by atoms with E-state index in [4.69, 9.17) is 18.9 Å². The predicted molar refractivity (Wildman–Crippen MR) is 81.1 cm³/mol. The third kappa shape index (κ3) is 4.33. The number of hydrogen-bond acceptors (Lipinski definition) is 5. The Morgan fingerprint density at radius 1 is 1.33 bits per heavy atom. The largest absolute Gasteiger partial charge is 0.497 e. The van der Waals surface area contributed by atoms with E-state index in [1.807, 2.05) is 25.2 Å². The summed E-state index contributed by atoms with van der Waals surface area (Å²) in [6.07, 6.45) is 1.09. The number of methoxy groups -OCH3 is 2. The molecule has 1 aromatic carbocycles. The van der Waals surface area contributed by atoms with Crippen LogP contribution in [0.1, 0.15) is 18.0 Å². The summed E-state index contributed by atoms with van der Waals surface area (Å²) in [5.41, 5.74) is 1.04. The molecule has 1 saturated heterocycles. The number of rotatable bonds is 8. The fourth-order valence-corrected chi connectivity index (χ4v) is 2.51. The first-order valence-electron chi connectivity index (χ1n) is 7.33. The lowest BCUT2D eigenvalue weighted by molar-refractivity contribution is 0.0753. The van der Waals surface area contributed by atoms with Crippen LogP contribution < -0.4 is 14.8 Å². The minimum atomic E-state index is 0.0670. The molecule has 2 rings (SSSR count). The van der Waals surface area contributed by atoms with Crippen LogP contribution in [0.3, 0.4) is 0 Å². The average Bonchev–Trinajstić information content (AvgIpc) is 3.04. The Morgan fingerprint density at radius 2 is 2.19 bits per heavy atom. The van der Waals surface area contributed by atoms with E-state index < -0.39 is 0 Å². The molecule has 0 bridgehead atoms. The first-order valence-corrected chi connectivity index (χ1v) is 7.33. The average molecular weight is 295 g/mol. The molecule has 2 unspecified atom stereocenters. The molecule has 21 heavy (non-hydrogen) atoms.